The summed E-state index contributed by atoms with van der Waals surface area (Å²) < 4.78 is 5.32. The van der Waals surface area contributed by atoms with Gasteiger partial charge < -0.3 is 4.42 Å². The third-order valence-corrected chi connectivity index (χ3v) is 4.34. The van der Waals surface area contributed by atoms with Gasteiger partial charge in [0.05, 0.1) is 5.69 Å². The van der Waals surface area contributed by atoms with Crippen molar-refractivity contribution in [3.63, 3.8) is 0 Å². The summed E-state index contributed by atoms with van der Waals surface area (Å²) in [4.78, 5) is 16.6. The second-order valence-electron chi connectivity index (χ2n) is 6.20. The van der Waals surface area contributed by atoms with Gasteiger partial charge in [-0.1, -0.05) is 38.1 Å². The first-order valence-corrected chi connectivity index (χ1v) is 8.82. The van der Waals surface area contributed by atoms with Gasteiger partial charge in [0.25, 0.3) is 5.91 Å². The molecule has 0 aliphatic carbocycles. The highest BCUT2D eigenvalue weighted by molar-refractivity contribution is 7.14. The highest BCUT2D eigenvalue weighted by Gasteiger charge is 2.13. The zero-order valence-corrected chi connectivity index (χ0v) is 14.8. The summed E-state index contributed by atoms with van der Waals surface area (Å²) in [5.74, 6) is 1.36. The second kappa shape index (κ2) is 7.01. The second-order valence-corrected chi connectivity index (χ2v) is 7.06. The predicted molar refractivity (Wildman–Crippen MR) is 97.5 cm³/mol. The minimum Gasteiger partial charge on any atom is -0.456 e. The van der Waals surface area contributed by atoms with Crippen molar-refractivity contribution >= 4 is 22.4 Å². The topological polar surface area (TPSA) is 55.1 Å². The number of anilines is 1. The van der Waals surface area contributed by atoms with Crippen LogP contribution in [0.3, 0.4) is 0 Å². The monoisotopic (exact) mass is 340 g/mol. The van der Waals surface area contributed by atoms with E-state index in [0.29, 0.717) is 22.6 Å². The maximum Gasteiger partial charge on any atom is 0.293 e. The molecule has 0 atom stereocenters. The summed E-state index contributed by atoms with van der Waals surface area (Å²) in [5, 5.41) is 5.28. The molecule has 1 N–H and O–H groups in total. The highest BCUT2D eigenvalue weighted by atomic mass is 32.1. The molecule has 1 amide bonds. The lowest BCUT2D eigenvalue weighted by Crippen LogP contribution is -2.10. The third-order valence-electron chi connectivity index (χ3n) is 3.58. The van der Waals surface area contributed by atoms with Gasteiger partial charge in [0.1, 0.15) is 5.76 Å². The van der Waals surface area contributed by atoms with E-state index in [2.05, 4.69) is 48.4 Å². The molecule has 0 unspecified atom stereocenters. The third kappa shape index (κ3) is 3.92. The number of carbonyl (C=O) groups excluding carboxylic acids is 1. The highest BCUT2D eigenvalue weighted by Crippen LogP contribution is 2.26. The number of nitrogens with one attached hydrogen (secondary N) is 1. The fraction of sp³-hybridized carbons (Fsp3) is 0.263. The maximum atomic E-state index is 12.1. The Labute approximate surface area is 145 Å². The standard InChI is InChI=1S/C19H20N2O2S/c1-12(2)10-14-5-7-15(8-6-14)16-11-24-19(20-16)21-18(22)17-9-4-13(3)23-17/h4-9,11-12H,10H2,1-3H3,(H,20,21,22). The Balaban J connectivity index is 1.70. The number of aromatic nitrogens is 1. The molecule has 0 spiro atoms. The van der Waals surface area contributed by atoms with E-state index in [4.69, 9.17) is 4.42 Å². The number of nitrogens with zero attached hydrogens (tertiary/aromatic N) is 1. The van der Waals surface area contributed by atoms with Crippen molar-refractivity contribution in [3.8, 4) is 11.3 Å². The fourth-order valence-electron chi connectivity index (χ4n) is 2.46. The Morgan fingerprint density at radius 1 is 1.21 bits per heavy atom. The van der Waals surface area contributed by atoms with Gasteiger partial charge in [0.2, 0.25) is 0 Å². The summed E-state index contributed by atoms with van der Waals surface area (Å²) in [6.45, 7) is 6.23. The molecule has 124 valence electrons. The van der Waals surface area contributed by atoms with Gasteiger partial charge in [-0.15, -0.1) is 11.3 Å². The Kier molecular flexibility index (Phi) is 4.81. The summed E-state index contributed by atoms with van der Waals surface area (Å²) in [6.07, 6.45) is 1.07. The molecular formula is C19H20N2O2S. The summed E-state index contributed by atoms with van der Waals surface area (Å²) in [6, 6.07) is 11.9. The van der Waals surface area contributed by atoms with Gasteiger partial charge >= 0.3 is 0 Å². The number of furan rings is 1. The van der Waals surface area contributed by atoms with E-state index >= 15 is 0 Å². The number of thiazole rings is 1. The van der Waals surface area contributed by atoms with Crippen molar-refractivity contribution in [2.45, 2.75) is 27.2 Å². The van der Waals surface area contributed by atoms with Crippen LogP contribution in [-0.2, 0) is 6.42 Å². The van der Waals surface area contributed by atoms with Crippen molar-refractivity contribution in [1.82, 2.24) is 4.98 Å². The maximum absolute atomic E-state index is 12.1. The molecule has 0 aliphatic rings. The Bertz CT molecular complexity index is 831. The van der Waals surface area contributed by atoms with Crippen LogP contribution in [0.5, 0.6) is 0 Å². The van der Waals surface area contributed by atoms with Crippen LogP contribution in [0.2, 0.25) is 0 Å². The average molecular weight is 340 g/mol. The molecule has 0 saturated carbocycles. The Morgan fingerprint density at radius 3 is 2.58 bits per heavy atom. The summed E-state index contributed by atoms with van der Waals surface area (Å²) in [5.41, 5.74) is 3.24. The van der Waals surface area contributed by atoms with Crippen molar-refractivity contribution in [1.29, 1.82) is 0 Å². The average Bonchev–Trinajstić information content (AvgIpc) is 3.17. The van der Waals surface area contributed by atoms with E-state index in [-0.39, 0.29) is 5.91 Å². The van der Waals surface area contributed by atoms with Gasteiger partial charge in [0, 0.05) is 10.9 Å². The van der Waals surface area contributed by atoms with Gasteiger partial charge in [0.15, 0.2) is 10.9 Å². The van der Waals surface area contributed by atoms with Crippen molar-refractivity contribution < 1.29 is 9.21 Å². The number of hydrogen-bond donors (Lipinski definition) is 1. The van der Waals surface area contributed by atoms with Gasteiger partial charge in [-0.05, 0) is 37.0 Å². The van der Waals surface area contributed by atoms with E-state index in [9.17, 15) is 4.79 Å². The molecule has 2 heterocycles. The molecule has 3 rings (SSSR count). The Morgan fingerprint density at radius 2 is 1.96 bits per heavy atom. The zero-order valence-electron chi connectivity index (χ0n) is 14.0. The predicted octanol–water partition coefficient (Wildman–Crippen LogP) is 5.16. The normalized spacial score (nSPS) is 11.0. The first kappa shape index (κ1) is 16.5. The quantitative estimate of drug-likeness (QED) is 0.698. The first-order chi connectivity index (χ1) is 11.5. The van der Waals surface area contributed by atoms with E-state index < -0.39 is 0 Å². The van der Waals surface area contributed by atoms with Crippen molar-refractivity contribution in [2.24, 2.45) is 5.92 Å². The molecular weight excluding hydrogens is 320 g/mol. The largest absolute Gasteiger partial charge is 0.456 e. The molecule has 0 fully saturated rings. The number of rotatable bonds is 5. The summed E-state index contributed by atoms with van der Waals surface area (Å²) >= 11 is 1.40. The fourth-order valence-corrected chi connectivity index (χ4v) is 3.18. The molecule has 4 nitrogen and oxygen atoms in total. The van der Waals surface area contributed by atoms with Crippen LogP contribution in [0.1, 0.15) is 35.7 Å². The van der Waals surface area contributed by atoms with Crippen LogP contribution in [0, 0.1) is 12.8 Å². The van der Waals surface area contributed by atoms with Crippen LogP contribution in [0.4, 0.5) is 5.13 Å². The molecule has 1 aromatic carbocycles. The number of carbonyl (C=O) groups is 1. The molecule has 0 saturated heterocycles. The smallest absolute Gasteiger partial charge is 0.293 e. The lowest BCUT2D eigenvalue weighted by Gasteiger charge is -2.05. The number of aryl methyl sites for hydroxylation is 1. The van der Waals surface area contributed by atoms with Gasteiger partial charge in [-0.2, -0.15) is 0 Å². The van der Waals surface area contributed by atoms with E-state index in [1.807, 2.05) is 5.38 Å². The number of amides is 1. The van der Waals surface area contributed by atoms with Gasteiger partial charge in [-0.25, -0.2) is 4.98 Å². The lowest BCUT2D eigenvalue weighted by atomic mass is 10.0. The lowest BCUT2D eigenvalue weighted by molar-refractivity contribution is 0.0995. The van der Waals surface area contributed by atoms with E-state index in [0.717, 1.165) is 17.7 Å². The first-order valence-electron chi connectivity index (χ1n) is 7.94. The minimum absolute atomic E-state index is 0.281. The van der Waals surface area contributed by atoms with Crippen LogP contribution in [0.25, 0.3) is 11.3 Å². The molecule has 0 aliphatic heterocycles. The molecule has 24 heavy (non-hydrogen) atoms. The molecule has 2 aromatic heterocycles. The van der Waals surface area contributed by atoms with Crippen LogP contribution in [-0.4, -0.2) is 10.9 Å². The van der Waals surface area contributed by atoms with E-state index in [1.54, 1.807) is 19.1 Å². The zero-order chi connectivity index (χ0) is 17.1. The van der Waals surface area contributed by atoms with E-state index in [1.165, 1.54) is 16.9 Å². The van der Waals surface area contributed by atoms with Crippen molar-refractivity contribution in [2.75, 3.05) is 5.32 Å². The molecule has 0 bridgehead atoms. The molecule has 5 heteroatoms. The van der Waals surface area contributed by atoms with Crippen LogP contribution >= 0.6 is 11.3 Å². The van der Waals surface area contributed by atoms with Gasteiger partial charge in [-0.3, -0.25) is 10.1 Å². The molecule has 0 radical (unpaired) electrons. The molecule has 3 aromatic rings. The Hall–Kier alpha value is -2.40. The minimum atomic E-state index is -0.281. The van der Waals surface area contributed by atoms with Crippen LogP contribution < -0.4 is 5.32 Å². The van der Waals surface area contributed by atoms with Crippen LogP contribution in [0.15, 0.2) is 46.2 Å². The van der Waals surface area contributed by atoms with Crippen molar-refractivity contribution in [3.05, 3.63) is 58.9 Å². The number of benzene rings is 1. The summed E-state index contributed by atoms with van der Waals surface area (Å²) in [7, 11) is 0. The number of hydrogen-bond acceptors (Lipinski definition) is 4. The SMILES string of the molecule is Cc1ccc(C(=O)Nc2nc(-c3ccc(CC(C)C)cc3)cs2)o1.